The van der Waals surface area contributed by atoms with Crippen molar-refractivity contribution >= 4 is 17.8 Å². The van der Waals surface area contributed by atoms with Gasteiger partial charge in [-0.3, -0.25) is 19.4 Å². The number of benzene rings is 2. The van der Waals surface area contributed by atoms with Gasteiger partial charge in [0.25, 0.3) is 5.91 Å². The zero-order chi connectivity index (χ0) is 23.4. The lowest BCUT2D eigenvalue weighted by Crippen LogP contribution is -2.46. The van der Waals surface area contributed by atoms with Crippen LogP contribution in [-0.4, -0.2) is 67.0 Å². The Hall–Kier alpha value is -3.23. The zero-order valence-corrected chi connectivity index (χ0v) is 19.0. The molecule has 4 rings (SSSR count). The van der Waals surface area contributed by atoms with E-state index in [-0.39, 0.29) is 18.5 Å². The third kappa shape index (κ3) is 4.91. The fraction of sp³-hybridized carbons (Fsp3) is 0.400. The first kappa shape index (κ1) is 22.9. The Morgan fingerprint density at radius 3 is 2.42 bits per heavy atom. The number of amides is 4. The minimum Gasteiger partial charge on any atom is -0.379 e. The number of nitrogens with one attached hydrogen (secondary N) is 2. The van der Waals surface area contributed by atoms with E-state index < -0.39 is 17.5 Å². The van der Waals surface area contributed by atoms with E-state index in [1.807, 2.05) is 61.5 Å². The number of carbonyl (C=O) groups excluding carboxylic acids is 3. The monoisotopic (exact) mass is 450 g/mol. The number of hydrogen-bond donors (Lipinski definition) is 2. The third-order valence-electron chi connectivity index (χ3n) is 6.37. The normalized spacial score (nSPS) is 22.2. The average molecular weight is 451 g/mol. The van der Waals surface area contributed by atoms with Gasteiger partial charge in [0.1, 0.15) is 12.1 Å². The molecule has 0 saturated carbocycles. The van der Waals surface area contributed by atoms with Gasteiger partial charge in [0.05, 0.1) is 19.3 Å². The summed E-state index contributed by atoms with van der Waals surface area (Å²) in [6.45, 7) is 6.53. The van der Waals surface area contributed by atoms with Crippen molar-refractivity contribution in [2.45, 2.75) is 25.4 Å². The molecule has 2 heterocycles. The minimum absolute atomic E-state index is 0.0139. The van der Waals surface area contributed by atoms with E-state index in [9.17, 15) is 14.4 Å². The Bertz CT molecular complexity index is 1000. The molecular weight excluding hydrogens is 420 g/mol. The highest BCUT2D eigenvalue weighted by atomic mass is 16.5. The van der Waals surface area contributed by atoms with Crippen LogP contribution in [0.4, 0.5) is 4.79 Å². The van der Waals surface area contributed by atoms with Gasteiger partial charge in [0.2, 0.25) is 5.91 Å². The predicted octanol–water partition coefficient (Wildman–Crippen LogP) is 1.95. The number of rotatable bonds is 7. The number of aryl methyl sites for hydroxylation is 1. The summed E-state index contributed by atoms with van der Waals surface area (Å²) in [6, 6.07) is 16.8. The van der Waals surface area contributed by atoms with Crippen LogP contribution in [0.2, 0.25) is 0 Å². The number of hydrogen-bond acceptors (Lipinski definition) is 5. The van der Waals surface area contributed by atoms with E-state index in [4.69, 9.17) is 4.74 Å². The van der Waals surface area contributed by atoms with Gasteiger partial charge < -0.3 is 15.4 Å². The van der Waals surface area contributed by atoms with Crippen LogP contribution < -0.4 is 10.6 Å². The highest BCUT2D eigenvalue weighted by Gasteiger charge is 2.49. The fourth-order valence-electron chi connectivity index (χ4n) is 4.36. The van der Waals surface area contributed by atoms with Gasteiger partial charge in [-0.15, -0.1) is 0 Å². The summed E-state index contributed by atoms with van der Waals surface area (Å²) in [7, 11) is 0. The second-order valence-electron chi connectivity index (χ2n) is 8.69. The molecule has 2 aliphatic rings. The number of imide groups is 1. The molecule has 8 heteroatoms. The van der Waals surface area contributed by atoms with Gasteiger partial charge >= 0.3 is 6.03 Å². The van der Waals surface area contributed by atoms with Crippen molar-refractivity contribution in [3.05, 3.63) is 71.3 Å². The Balaban J connectivity index is 1.41. The molecule has 4 amide bonds. The summed E-state index contributed by atoms with van der Waals surface area (Å²) < 4.78 is 5.47. The summed E-state index contributed by atoms with van der Waals surface area (Å²) in [5.74, 6) is -0.805. The highest BCUT2D eigenvalue weighted by Crippen LogP contribution is 2.29. The molecule has 0 aliphatic carbocycles. The van der Waals surface area contributed by atoms with Crippen molar-refractivity contribution in [1.29, 1.82) is 0 Å². The molecule has 2 N–H and O–H groups in total. The molecule has 2 aliphatic heterocycles. The lowest BCUT2D eigenvalue weighted by molar-refractivity contribution is -0.134. The number of ether oxygens (including phenoxy) is 1. The van der Waals surface area contributed by atoms with E-state index in [0.29, 0.717) is 25.3 Å². The number of morpholine rings is 1. The SMILES string of the molecule is Cc1ccc(C2(C)NC(=O)N(CC(=O)NCC(c3ccccc3)N3CCOCC3)C2=O)cc1. The maximum absolute atomic E-state index is 13.1. The smallest absolute Gasteiger partial charge is 0.325 e. The van der Waals surface area contributed by atoms with E-state index in [0.717, 1.165) is 29.1 Å². The van der Waals surface area contributed by atoms with Crippen LogP contribution in [-0.2, 0) is 19.9 Å². The first-order chi connectivity index (χ1) is 15.9. The fourth-order valence-corrected chi connectivity index (χ4v) is 4.36. The van der Waals surface area contributed by atoms with E-state index >= 15 is 0 Å². The van der Waals surface area contributed by atoms with Crippen molar-refractivity contribution in [2.24, 2.45) is 0 Å². The lowest BCUT2D eigenvalue weighted by atomic mass is 9.91. The molecule has 2 aromatic rings. The van der Waals surface area contributed by atoms with Gasteiger partial charge in [-0.05, 0) is 25.0 Å². The molecule has 0 spiro atoms. The van der Waals surface area contributed by atoms with Crippen LogP contribution in [0.3, 0.4) is 0 Å². The quantitative estimate of drug-likeness (QED) is 0.630. The molecule has 0 bridgehead atoms. The molecule has 8 nitrogen and oxygen atoms in total. The predicted molar refractivity (Wildman–Crippen MR) is 123 cm³/mol. The molecule has 2 fully saturated rings. The van der Waals surface area contributed by atoms with E-state index in [2.05, 4.69) is 15.5 Å². The zero-order valence-electron chi connectivity index (χ0n) is 19.0. The van der Waals surface area contributed by atoms with Crippen molar-refractivity contribution < 1.29 is 19.1 Å². The van der Waals surface area contributed by atoms with Crippen LogP contribution in [0.15, 0.2) is 54.6 Å². The van der Waals surface area contributed by atoms with Gasteiger partial charge in [-0.25, -0.2) is 4.79 Å². The minimum atomic E-state index is -1.19. The first-order valence-corrected chi connectivity index (χ1v) is 11.2. The summed E-state index contributed by atoms with van der Waals surface area (Å²) in [5.41, 5.74) is 1.65. The van der Waals surface area contributed by atoms with Crippen LogP contribution in [0, 0.1) is 6.92 Å². The van der Waals surface area contributed by atoms with Crippen molar-refractivity contribution in [3.8, 4) is 0 Å². The highest BCUT2D eigenvalue weighted by molar-refractivity contribution is 6.09. The molecule has 0 aromatic heterocycles. The van der Waals surface area contributed by atoms with Gasteiger partial charge in [0, 0.05) is 19.6 Å². The molecule has 2 aromatic carbocycles. The summed E-state index contributed by atoms with van der Waals surface area (Å²) >= 11 is 0. The average Bonchev–Trinajstić information content (AvgIpc) is 3.05. The molecule has 2 saturated heterocycles. The van der Waals surface area contributed by atoms with Gasteiger partial charge in [0.15, 0.2) is 0 Å². The summed E-state index contributed by atoms with van der Waals surface area (Å²) in [5, 5.41) is 5.67. The standard InChI is InChI=1S/C25H30N4O4/c1-18-8-10-20(11-9-18)25(2)23(31)29(24(32)27-25)17-22(30)26-16-21(19-6-4-3-5-7-19)28-12-14-33-15-13-28/h3-11,21H,12-17H2,1-2H3,(H,26,30)(H,27,32). The second-order valence-corrected chi connectivity index (χ2v) is 8.69. The van der Waals surface area contributed by atoms with Crippen molar-refractivity contribution in [2.75, 3.05) is 39.4 Å². The Labute approximate surface area is 193 Å². The molecule has 2 atom stereocenters. The molecule has 174 valence electrons. The summed E-state index contributed by atoms with van der Waals surface area (Å²) in [4.78, 5) is 41.7. The van der Waals surface area contributed by atoms with Crippen molar-refractivity contribution in [3.63, 3.8) is 0 Å². The maximum Gasteiger partial charge on any atom is 0.325 e. The molecule has 2 unspecified atom stereocenters. The molecule has 0 radical (unpaired) electrons. The molecule has 33 heavy (non-hydrogen) atoms. The van der Waals surface area contributed by atoms with Crippen molar-refractivity contribution in [1.82, 2.24) is 20.4 Å². The van der Waals surface area contributed by atoms with Gasteiger partial charge in [-0.2, -0.15) is 0 Å². The Kier molecular flexibility index (Phi) is 6.76. The largest absolute Gasteiger partial charge is 0.379 e. The van der Waals surface area contributed by atoms with Crippen LogP contribution >= 0.6 is 0 Å². The maximum atomic E-state index is 13.1. The first-order valence-electron chi connectivity index (χ1n) is 11.2. The Morgan fingerprint density at radius 1 is 1.09 bits per heavy atom. The van der Waals surface area contributed by atoms with E-state index in [1.165, 1.54) is 0 Å². The van der Waals surface area contributed by atoms with Crippen LogP contribution in [0.5, 0.6) is 0 Å². The number of urea groups is 1. The summed E-state index contributed by atoms with van der Waals surface area (Å²) in [6.07, 6.45) is 0. The lowest BCUT2D eigenvalue weighted by Gasteiger charge is -2.35. The van der Waals surface area contributed by atoms with E-state index in [1.54, 1.807) is 6.92 Å². The van der Waals surface area contributed by atoms with Crippen LogP contribution in [0.1, 0.15) is 29.7 Å². The van der Waals surface area contributed by atoms with Crippen LogP contribution in [0.25, 0.3) is 0 Å². The van der Waals surface area contributed by atoms with Gasteiger partial charge in [-0.1, -0.05) is 60.2 Å². The number of carbonyl (C=O) groups is 3. The Morgan fingerprint density at radius 2 is 1.76 bits per heavy atom. The molecular formula is C25H30N4O4. The third-order valence-corrected chi connectivity index (χ3v) is 6.37. The second kappa shape index (κ2) is 9.72. The topological polar surface area (TPSA) is 91.0 Å². The number of nitrogens with zero attached hydrogens (tertiary/aromatic N) is 2.